The van der Waals surface area contributed by atoms with Gasteiger partial charge in [0.2, 0.25) is 0 Å². The summed E-state index contributed by atoms with van der Waals surface area (Å²) in [5.74, 6) is 1.02. The molecule has 2 saturated heterocycles. The molecule has 0 spiro atoms. The summed E-state index contributed by atoms with van der Waals surface area (Å²) in [6, 6.07) is 4.42. The molecule has 2 aliphatic heterocycles. The molecule has 108 valence electrons. The third-order valence-electron chi connectivity index (χ3n) is 4.47. The topological polar surface area (TPSA) is 32.3 Å². The first-order valence-electron chi connectivity index (χ1n) is 7.10. The van der Waals surface area contributed by atoms with E-state index >= 15 is 0 Å². The lowest BCUT2D eigenvalue weighted by Gasteiger charge is -2.21. The van der Waals surface area contributed by atoms with E-state index in [-0.39, 0.29) is 11.7 Å². The predicted octanol–water partition coefficient (Wildman–Crippen LogP) is 2.50. The first-order chi connectivity index (χ1) is 9.65. The molecule has 0 radical (unpaired) electrons. The molecule has 2 aliphatic rings. The standard InChI is InChI=1S/C15H18FIN2O/c16-12-1-2-14(17)13(7-12)15(20)19-5-3-10-8-18-9-11(10)4-6-19/h1-2,7,10-11,18H,3-6,8-9H2/t10-,11+. The van der Waals surface area contributed by atoms with Gasteiger partial charge in [-0.2, -0.15) is 0 Å². The molecule has 1 aromatic carbocycles. The summed E-state index contributed by atoms with van der Waals surface area (Å²) in [4.78, 5) is 14.5. The van der Waals surface area contributed by atoms with Crippen LogP contribution in [-0.2, 0) is 0 Å². The van der Waals surface area contributed by atoms with Gasteiger partial charge in [-0.15, -0.1) is 0 Å². The lowest BCUT2D eigenvalue weighted by atomic mass is 9.92. The molecular weight excluding hydrogens is 370 g/mol. The number of carbonyl (C=O) groups is 1. The highest BCUT2D eigenvalue weighted by Gasteiger charge is 2.32. The van der Waals surface area contributed by atoms with E-state index in [0.29, 0.717) is 17.4 Å². The third kappa shape index (κ3) is 2.83. The molecule has 5 heteroatoms. The normalized spacial score (nSPS) is 26.2. The Hall–Kier alpha value is -0.690. The molecule has 0 aliphatic carbocycles. The number of carbonyl (C=O) groups excluding carboxylic acids is 1. The van der Waals surface area contributed by atoms with E-state index in [0.717, 1.165) is 42.6 Å². The zero-order chi connectivity index (χ0) is 14.1. The molecule has 3 rings (SSSR count). The zero-order valence-corrected chi connectivity index (χ0v) is 13.4. The summed E-state index contributed by atoms with van der Waals surface area (Å²) in [6.07, 6.45) is 2.10. The second-order valence-corrected chi connectivity index (χ2v) is 6.83. The number of amides is 1. The Morgan fingerprint density at radius 2 is 1.90 bits per heavy atom. The fraction of sp³-hybridized carbons (Fsp3) is 0.533. The van der Waals surface area contributed by atoms with Gasteiger partial charge >= 0.3 is 0 Å². The Morgan fingerprint density at radius 1 is 1.25 bits per heavy atom. The smallest absolute Gasteiger partial charge is 0.255 e. The van der Waals surface area contributed by atoms with Crippen molar-refractivity contribution in [2.45, 2.75) is 12.8 Å². The summed E-state index contributed by atoms with van der Waals surface area (Å²) >= 11 is 2.10. The number of hydrogen-bond donors (Lipinski definition) is 1. The number of likely N-dealkylation sites (tertiary alicyclic amines) is 1. The SMILES string of the molecule is O=C(c1cc(F)ccc1I)N1CC[C@@H]2CNC[C@@H]2CC1. The van der Waals surface area contributed by atoms with E-state index in [1.807, 2.05) is 4.90 Å². The van der Waals surface area contributed by atoms with Crippen molar-refractivity contribution in [3.8, 4) is 0 Å². The van der Waals surface area contributed by atoms with Crippen LogP contribution in [0, 0.1) is 21.2 Å². The third-order valence-corrected chi connectivity index (χ3v) is 5.41. The maximum Gasteiger partial charge on any atom is 0.255 e. The zero-order valence-electron chi connectivity index (χ0n) is 11.2. The van der Waals surface area contributed by atoms with Crippen LogP contribution in [0.5, 0.6) is 0 Å². The highest BCUT2D eigenvalue weighted by molar-refractivity contribution is 14.1. The van der Waals surface area contributed by atoms with Crippen molar-refractivity contribution in [1.82, 2.24) is 10.2 Å². The van der Waals surface area contributed by atoms with E-state index in [1.165, 1.54) is 12.1 Å². The minimum atomic E-state index is -0.343. The monoisotopic (exact) mass is 388 g/mol. The Labute approximate surface area is 132 Å². The van der Waals surface area contributed by atoms with Gasteiger partial charge in [0.1, 0.15) is 5.82 Å². The largest absolute Gasteiger partial charge is 0.339 e. The number of nitrogens with zero attached hydrogens (tertiary/aromatic N) is 1. The van der Waals surface area contributed by atoms with Crippen LogP contribution < -0.4 is 5.32 Å². The second kappa shape index (κ2) is 5.97. The summed E-state index contributed by atoms with van der Waals surface area (Å²) in [6.45, 7) is 3.72. The van der Waals surface area contributed by atoms with Gasteiger partial charge in [-0.25, -0.2) is 4.39 Å². The summed E-state index contributed by atoms with van der Waals surface area (Å²) in [5.41, 5.74) is 0.496. The average Bonchev–Trinajstić information content (AvgIpc) is 2.80. The first-order valence-corrected chi connectivity index (χ1v) is 8.18. The molecule has 1 aromatic rings. The quantitative estimate of drug-likeness (QED) is 0.750. The van der Waals surface area contributed by atoms with Crippen LogP contribution in [0.4, 0.5) is 4.39 Å². The van der Waals surface area contributed by atoms with E-state index in [9.17, 15) is 9.18 Å². The lowest BCUT2D eigenvalue weighted by Crippen LogP contribution is -2.33. The van der Waals surface area contributed by atoms with Gasteiger partial charge in [0.25, 0.3) is 5.91 Å². The minimum Gasteiger partial charge on any atom is -0.339 e. The number of hydrogen-bond acceptors (Lipinski definition) is 2. The van der Waals surface area contributed by atoms with Gasteiger partial charge in [0.15, 0.2) is 0 Å². The molecule has 0 bridgehead atoms. The number of benzene rings is 1. The maximum atomic E-state index is 13.4. The Kier molecular flexibility index (Phi) is 4.26. The highest BCUT2D eigenvalue weighted by atomic mass is 127. The fourth-order valence-electron chi connectivity index (χ4n) is 3.25. The molecule has 2 fully saturated rings. The van der Waals surface area contributed by atoms with E-state index in [4.69, 9.17) is 0 Å². The molecule has 0 unspecified atom stereocenters. The average molecular weight is 388 g/mol. The van der Waals surface area contributed by atoms with Crippen molar-refractivity contribution in [2.75, 3.05) is 26.2 Å². The van der Waals surface area contributed by atoms with E-state index in [1.54, 1.807) is 6.07 Å². The van der Waals surface area contributed by atoms with E-state index < -0.39 is 0 Å². The van der Waals surface area contributed by atoms with Gasteiger partial charge in [0, 0.05) is 16.7 Å². The highest BCUT2D eigenvalue weighted by Crippen LogP contribution is 2.28. The van der Waals surface area contributed by atoms with Crippen LogP contribution in [0.25, 0.3) is 0 Å². The van der Waals surface area contributed by atoms with E-state index in [2.05, 4.69) is 27.9 Å². The molecule has 2 atom stereocenters. The lowest BCUT2D eigenvalue weighted by molar-refractivity contribution is 0.0757. The van der Waals surface area contributed by atoms with Gasteiger partial charge in [0.05, 0.1) is 5.56 Å². The molecule has 2 heterocycles. The Morgan fingerprint density at radius 3 is 2.55 bits per heavy atom. The molecule has 0 saturated carbocycles. The van der Waals surface area contributed by atoms with Crippen LogP contribution in [0.3, 0.4) is 0 Å². The number of halogens is 2. The number of nitrogens with one attached hydrogen (secondary N) is 1. The van der Waals surface area contributed by atoms with Crippen molar-refractivity contribution in [3.63, 3.8) is 0 Å². The van der Waals surface area contributed by atoms with Crippen molar-refractivity contribution in [1.29, 1.82) is 0 Å². The molecule has 0 aromatic heterocycles. The molecule has 20 heavy (non-hydrogen) atoms. The van der Waals surface area contributed by atoms with Crippen molar-refractivity contribution < 1.29 is 9.18 Å². The second-order valence-electron chi connectivity index (χ2n) is 5.67. The van der Waals surface area contributed by atoms with Crippen LogP contribution in [-0.4, -0.2) is 37.0 Å². The fourth-order valence-corrected chi connectivity index (χ4v) is 3.82. The van der Waals surface area contributed by atoms with Gasteiger partial charge in [-0.3, -0.25) is 4.79 Å². The number of rotatable bonds is 1. The van der Waals surface area contributed by atoms with Gasteiger partial charge in [-0.1, -0.05) is 0 Å². The summed E-state index contributed by atoms with van der Waals surface area (Å²) < 4.78 is 14.2. The number of fused-ring (bicyclic) bond motifs is 1. The van der Waals surface area contributed by atoms with Crippen molar-refractivity contribution in [3.05, 3.63) is 33.1 Å². The summed E-state index contributed by atoms with van der Waals surface area (Å²) in [7, 11) is 0. The van der Waals surface area contributed by atoms with Gasteiger partial charge in [-0.05, 0) is 78.6 Å². The van der Waals surface area contributed by atoms with Crippen LogP contribution in [0.2, 0.25) is 0 Å². The summed E-state index contributed by atoms with van der Waals surface area (Å²) in [5, 5.41) is 3.43. The molecule has 3 nitrogen and oxygen atoms in total. The molecular formula is C15H18FIN2O. The van der Waals surface area contributed by atoms with Gasteiger partial charge < -0.3 is 10.2 Å². The first kappa shape index (κ1) is 14.3. The Bertz CT molecular complexity index is 509. The van der Waals surface area contributed by atoms with Crippen LogP contribution in [0.1, 0.15) is 23.2 Å². The molecule has 1 N–H and O–H groups in total. The van der Waals surface area contributed by atoms with Crippen LogP contribution >= 0.6 is 22.6 Å². The Balaban J connectivity index is 1.75. The predicted molar refractivity (Wildman–Crippen MR) is 84.1 cm³/mol. The minimum absolute atomic E-state index is 0.0261. The van der Waals surface area contributed by atoms with Crippen molar-refractivity contribution in [2.24, 2.45) is 11.8 Å². The van der Waals surface area contributed by atoms with Crippen molar-refractivity contribution >= 4 is 28.5 Å². The molecule has 1 amide bonds. The maximum absolute atomic E-state index is 13.4. The van der Waals surface area contributed by atoms with Crippen LogP contribution in [0.15, 0.2) is 18.2 Å².